The van der Waals surface area contributed by atoms with Crippen LogP contribution in [0.3, 0.4) is 0 Å². The second-order valence-corrected chi connectivity index (χ2v) is 5.72. The molecule has 1 amide bonds. The highest BCUT2D eigenvalue weighted by Gasteiger charge is 2.20. The molecule has 7 heteroatoms. The first-order valence-corrected chi connectivity index (χ1v) is 7.92. The molecule has 1 atom stereocenters. The minimum absolute atomic E-state index is 0.267. The van der Waals surface area contributed by atoms with Crippen molar-refractivity contribution < 1.29 is 14.1 Å². The molecule has 25 heavy (non-hydrogen) atoms. The third-order valence-electron chi connectivity index (χ3n) is 3.97. The summed E-state index contributed by atoms with van der Waals surface area (Å²) in [5.41, 5.74) is 2.61. The van der Waals surface area contributed by atoms with Crippen LogP contribution < -0.4 is 5.32 Å². The first kappa shape index (κ1) is 16.9. The van der Waals surface area contributed by atoms with Gasteiger partial charge in [-0.05, 0) is 19.4 Å². The molecule has 0 saturated carbocycles. The van der Waals surface area contributed by atoms with Crippen molar-refractivity contribution in [1.29, 1.82) is 0 Å². The van der Waals surface area contributed by atoms with Crippen LogP contribution in [0.5, 0.6) is 0 Å². The van der Waals surface area contributed by atoms with Crippen LogP contribution in [-0.2, 0) is 16.1 Å². The molecular formula is C18H20N4O3. The number of hydrogen-bond donors (Lipinski definition) is 1. The Bertz CT molecular complexity index is 835. The van der Waals surface area contributed by atoms with Gasteiger partial charge < -0.3 is 14.6 Å². The normalized spacial score (nSPS) is 12.1. The number of nitrogens with zero attached hydrogens (tertiary/aromatic N) is 3. The van der Waals surface area contributed by atoms with E-state index in [0.717, 1.165) is 22.6 Å². The van der Waals surface area contributed by atoms with Gasteiger partial charge >= 0.3 is 0 Å². The van der Waals surface area contributed by atoms with Crippen molar-refractivity contribution in [2.24, 2.45) is 0 Å². The third kappa shape index (κ3) is 3.77. The fourth-order valence-electron chi connectivity index (χ4n) is 2.62. The van der Waals surface area contributed by atoms with Crippen LogP contribution in [0.1, 0.15) is 28.7 Å². The minimum atomic E-state index is -0.686. The Morgan fingerprint density at radius 2 is 2.04 bits per heavy atom. The van der Waals surface area contributed by atoms with Gasteiger partial charge in [-0.25, -0.2) is 0 Å². The summed E-state index contributed by atoms with van der Waals surface area (Å²) in [5, 5.41) is 11.1. The van der Waals surface area contributed by atoms with E-state index in [4.69, 9.17) is 9.26 Å². The van der Waals surface area contributed by atoms with E-state index in [9.17, 15) is 4.79 Å². The molecule has 130 valence electrons. The molecule has 2 aromatic heterocycles. The van der Waals surface area contributed by atoms with Crippen molar-refractivity contribution >= 4 is 11.7 Å². The summed E-state index contributed by atoms with van der Waals surface area (Å²) >= 11 is 0. The second kappa shape index (κ2) is 7.31. The van der Waals surface area contributed by atoms with E-state index < -0.39 is 6.10 Å². The van der Waals surface area contributed by atoms with Crippen molar-refractivity contribution in [3.63, 3.8) is 0 Å². The second-order valence-electron chi connectivity index (χ2n) is 5.72. The molecule has 0 unspecified atom stereocenters. The maximum absolute atomic E-state index is 12.5. The fraction of sp³-hybridized carbons (Fsp3) is 0.278. The van der Waals surface area contributed by atoms with Gasteiger partial charge in [-0.3, -0.25) is 9.48 Å². The maximum Gasteiger partial charge on any atom is 0.259 e. The summed E-state index contributed by atoms with van der Waals surface area (Å²) in [6, 6.07) is 11.1. The highest BCUT2D eigenvalue weighted by atomic mass is 16.5. The van der Waals surface area contributed by atoms with Crippen LogP contribution in [0.4, 0.5) is 5.82 Å². The van der Waals surface area contributed by atoms with Crippen LogP contribution in [-0.4, -0.2) is 28.0 Å². The number of methoxy groups -OCH3 is 1. The molecule has 0 fully saturated rings. The predicted molar refractivity (Wildman–Crippen MR) is 92.1 cm³/mol. The van der Waals surface area contributed by atoms with E-state index in [2.05, 4.69) is 15.6 Å². The van der Waals surface area contributed by atoms with Crippen molar-refractivity contribution in [2.75, 3.05) is 12.4 Å². The molecule has 1 aromatic carbocycles. The molecule has 0 saturated heterocycles. The van der Waals surface area contributed by atoms with Crippen LogP contribution >= 0.6 is 0 Å². The Morgan fingerprint density at radius 1 is 1.28 bits per heavy atom. The highest BCUT2D eigenvalue weighted by Crippen LogP contribution is 2.19. The number of ether oxygens (including phenoxy) is 1. The minimum Gasteiger partial charge on any atom is -0.367 e. The lowest BCUT2D eigenvalue weighted by Gasteiger charge is -2.14. The average Bonchev–Trinajstić information content (AvgIpc) is 3.18. The molecule has 3 aromatic rings. The summed E-state index contributed by atoms with van der Waals surface area (Å²) in [5.74, 6) is 0.966. The summed E-state index contributed by atoms with van der Waals surface area (Å²) in [6.07, 6.45) is 1.11. The third-order valence-corrected chi connectivity index (χ3v) is 3.97. The number of amides is 1. The highest BCUT2D eigenvalue weighted by molar-refractivity contribution is 5.94. The molecule has 0 spiro atoms. The molecule has 3 rings (SSSR count). The van der Waals surface area contributed by atoms with Gasteiger partial charge in [0.25, 0.3) is 5.91 Å². The lowest BCUT2D eigenvalue weighted by molar-refractivity contribution is -0.126. The predicted octanol–water partition coefficient (Wildman–Crippen LogP) is 2.86. The Morgan fingerprint density at radius 3 is 2.68 bits per heavy atom. The smallest absolute Gasteiger partial charge is 0.259 e. The molecular weight excluding hydrogens is 320 g/mol. The maximum atomic E-state index is 12.5. The first-order chi connectivity index (χ1) is 12.1. The summed E-state index contributed by atoms with van der Waals surface area (Å²) < 4.78 is 12.2. The van der Waals surface area contributed by atoms with E-state index in [-0.39, 0.29) is 5.91 Å². The zero-order valence-corrected chi connectivity index (χ0v) is 14.4. The van der Waals surface area contributed by atoms with Crippen LogP contribution in [0, 0.1) is 13.8 Å². The average molecular weight is 340 g/mol. The van der Waals surface area contributed by atoms with Gasteiger partial charge in [-0.15, -0.1) is 0 Å². The number of benzene rings is 1. The number of rotatable bonds is 6. The number of nitrogens with one attached hydrogen (secondary N) is 1. The van der Waals surface area contributed by atoms with Crippen LogP contribution in [0.25, 0.3) is 0 Å². The Balaban J connectivity index is 1.69. The lowest BCUT2D eigenvalue weighted by Crippen LogP contribution is -2.23. The SMILES string of the molecule is CO[C@H](C(=O)Nc1ccn(Cc2c(C)noc2C)n1)c1ccccc1. The number of aromatic nitrogens is 3. The molecule has 2 heterocycles. The lowest BCUT2D eigenvalue weighted by atomic mass is 10.1. The monoisotopic (exact) mass is 340 g/mol. The van der Waals surface area contributed by atoms with Gasteiger partial charge in [0.15, 0.2) is 11.9 Å². The standard InChI is InChI=1S/C18H20N4O3/c1-12-15(13(2)25-21-12)11-22-10-9-16(20-22)19-18(23)17(24-3)14-7-5-4-6-8-14/h4-10,17H,11H2,1-3H3,(H,19,20,23)/t17-/m0/s1. The van der Waals surface area contributed by atoms with Crippen molar-refractivity contribution in [1.82, 2.24) is 14.9 Å². The molecule has 0 aliphatic heterocycles. The Kier molecular flexibility index (Phi) is 4.95. The van der Waals surface area contributed by atoms with Gasteiger partial charge in [0.1, 0.15) is 5.76 Å². The quantitative estimate of drug-likeness (QED) is 0.746. The fourth-order valence-corrected chi connectivity index (χ4v) is 2.62. The zero-order valence-electron chi connectivity index (χ0n) is 14.4. The topological polar surface area (TPSA) is 82.2 Å². The summed E-state index contributed by atoms with van der Waals surface area (Å²) in [7, 11) is 1.51. The van der Waals surface area contributed by atoms with Crippen LogP contribution in [0.2, 0.25) is 0 Å². The molecule has 0 aliphatic carbocycles. The molecule has 1 N–H and O–H groups in total. The van der Waals surface area contributed by atoms with Crippen molar-refractivity contribution in [2.45, 2.75) is 26.5 Å². The van der Waals surface area contributed by atoms with Crippen molar-refractivity contribution in [3.05, 3.63) is 65.2 Å². The summed E-state index contributed by atoms with van der Waals surface area (Å²) in [6.45, 7) is 4.29. The molecule has 0 bridgehead atoms. The summed E-state index contributed by atoms with van der Waals surface area (Å²) in [4.78, 5) is 12.5. The van der Waals surface area contributed by atoms with Gasteiger partial charge in [0.2, 0.25) is 0 Å². The number of carbonyl (C=O) groups excluding carboxylic acids is 1. The van der Waals surface area contributed by atoms with E-state index in [1.807, 2.05) is 44.2 Å². The largest absolute Gasteiger partial charge is 0.367 e. The number of aryl methyl sites for hydroxylation is 2. The van der Waals surface area contributed by atoms with Gasteiger partial charge in [-0.2, -0.15) is 5.10 Å². The molecule has 0 radical (unpaired) electrons. The zero-order chi connectivity index (χ0) is 17.8. The molecule has 7 nitrogen and oxygen atoms in total. The number of anilines is 1. The van der Waals surface area contributed by atoms with Crippen LogP contribution in [0.15, 0.2) is 47.1 Å². The van der Waals surface area contributed by atoms with E-state index in [0.29, 0.717) is 12.4 Å². The van der Waals surface area contributed by atoms with Gasteiger partial charge in [0, 0.05) is 24.9 Å². The first-order valence-electron chi connectivity index (χ1n) is 7.92. The van der Waals surface area contributed by atoms with E-state index in [1.54, 1.807) is 16.9 Å². The van der Waals surface area contributed by atoms with Gasteiger partial charge in [-0.1, -0.05) is 35.5 Å². The molecule has 0 aliphatic rings. The van der Waals surface area contributed by atoms with E-state index >= 15 is 0 Å². The Labute approximate surface area is 145 Å². The van der Waals surface area contributed by atoms with Crippen molar-refractivity contribution in [3.8, 4) is 0 Å². The number of carbonyl (C=O) groups is 1. The van der Waals surface area contributed by atoms with E-state index in [1.165, 1.54) is 7.11 Å². The Hall–Kier alpha value is -2.93. The number of hydrogen-bond acceptors (Lipinski definition) is 5. The van der Waals surface area contributed by atoms with Gasteiger partial charge in [0.05, 0.1) is 12.2 Å².